The summed E-state index contributed by atoms with van der Waals surface area (Å²) < 4.78 is 22.8. The summed E-state index contributed by atoms with van der Waals surface area (Å²) in [7, 11) is 0. The Morgan fingerprint density at radius 1 is 0.560 bits per heavy atom. The Morgan fingerprint density at radius 3 is 1.00 bits per heavy atom. The molecule has 0 spiro atoms. The number of rotatable bonds is 14. The van der Waals surface area contributed by atoms with E-state index in [1.54, 1.807) is 0 Å². The van der Waals surface area contributed by atoms with Crippen LogP contribution in [0.4, 0.5) is 0 Å². The van der Waals surface area contributed by atoms with Crippen LogP contribution in [0.1, 0.15) is 39.5 Å². The van der Waals surface area contributed by atoms with E-state index >= 15 is 0 Å². The zero-order valence-corrected chi connectivity index (χ0v) is 17.4. The maximum absolute atomic E-state index is 8.25. The van der Waals surface area contributed by atoms with Crippen LogP contribution in [0.15, 0.2) is 0 Å². The van der Waals surface area contributed by atoms with Gasteiger partial charge in [-0.3, -0.25) is 0 Å². The van der Waals surface area contributed by atoms with Crippen molar-refractivity contribution in [3.05, 3.63) is 0 Å². The van der Waals surface area contributed by atoms with Crippen LogP contribution in [0.5, 0.6) is 0 Å². The molecule has 0 radical (unpaired) electrons. The van der Waals surface area contributed by atoms with Crippen molar-refractivity contribution in [1.82, 2.24) is 0 Å². The Bertz CT molecular complexity index is 154. The van der Waals surface area contributed by atoms with Crippen LogP contribution in [-0.4, -0.2) is 86.5 Å². The van der Waals surface area contributed by atoms with Gasteiger partial charge >= 0.3 is 23.7 Å². The van der Waals surface area contributed by atoms with E-state index in [-0.39, 0.29) is 26.4 Å². The normalized spacial score (nSPS) is 9.00. The number of unbranched alkanes of at least 4 members (excludes halogenated alkanes) is 2. The number of aliphatic hydroxyl groups excluding tert-OH is 4. The van der Waals surface area contributed by atoms with Crippen LogP contribution in [0.2, 0.25) is 0 Å². The Hall–Kier alpha value is 0.234. The summed E-state index contributed by atoms with van der Waals surface area (Å²) in [6.07, 6.45) is 4.91. The molecule has 0 amide bonds. The van der Waals surface area contributed by atoms with Gasteiger partial charge in [0.25, 0.3) is 0 Å². The van der Waals surface area contributed by atoms with Gasteiger partial charge in [0.2, 0.25) is 0 Å². The molecule has 0 aromatic rings. The second kappa shape index (κ2) is 44.0. The van der Waals surface area contributed by atoms with Crippen LogP contribution < -0.4 is 0 Å². The molecule has 0 aliphatic heterocycles. The number of ether oxygens (including phenoxy) is 3. The summed E-state index contributed by atoms with van der Waals surface area (Å²) in [6, 6.07) is 0. The topological polar surface area (TPSA) is 126 Å². The van der Waals surface area contributed by atoms with E-state index in [1.165, 1.54) is 25.7 Å². The quantitative estimate of drug-likeness (QED) is 0.242. The fourth-order valence-electron chi connectivity index (χ4n) is 1.06. The van der Waals surface area contributed by atoms with Crippen molar-refractivity contribution in [3.8, 4) is 0 Å². The van der Waals surface area contributed by atoms with Gasteiger partial charge in [-0.05, 0) is 12.8 Å². The summed E-state index contributed by atoms with van der Waals surface area (Å²) in [4.78, 5) is 0. The van der Waals surface area contributed by atoms with Gasteiger partial charge in [0.1, 0.15) is 0 Å². The molecule has 0 fully saturated rings. The third-order valence-corrected chi connectivity index (χ3v) is 2.23. The molecule has 8 nitrogen and oxygen atoms in total. The zero-order chi connectivity index (χ0) is 20.0. The van der Waals surface area contributed by atoms with Crippen molar-refractivity contribution in [3.63, 3.8) is 0 Å². The molecule has 25 heavy (non-hydrogen) atoms. The maximum atomic E-state index is 8.25. The second-order valence-electron chi connectivity index (χ2n) is 4.44. The monoisotopic (exact) mass is 406 g/mol. The molecule has 0 saturated heterocycles. The Balaban J connectivity index is -0.000000127. The molecule has 0 saturated carbocycles. The van der Waals surface area contributed by atoms with E-state index in [9.17, 15) is 0 Å². The average molecular weight is 406 g/mol. The minimum absolute atomic E-state index is 0.0278. The molecule has 154 valence electrons. The molecule has 0 aliphatic rings. The predicted molar refractivity (Wildman–Crippen MR) is 91.3 cm³/mol. The van der Waals surface area contributed by atoms with Crippen molar-refractivity contribution in [1.29, 1.82) is 0 Å². The minimum atomic E-state index is 0.0278. The Labute approximate surface area is 164 Å². The summed E-state index contributed by atoms with van der Waals surface area (Å²) in [5.74, 6) is 0. The zero-order valence-electron chi connectivity index (χ0n) is 15.8. The van der Waals surface area contributed by atoms with E-state index in [0.29, 0.717) is 26.4 Å². The van der Waals surface area contributed by atoms with Crippen molar-refractivity contribution < 1.29 is 58.4 Å². The molecular formula is C16H38O8Ti. The fourth-order valence-corrected chi connectivity index (χ4v) is 1.06. The standard InChI is InChI=1S/C8H18O.2C4H10O3.O.Ti/c1-3-5-7-9-8-6-4-2;2*5-1-3-7-4-2-6;;/h3-8H2,1-2H3;2*5-6H,1-4H2;;. The molecule has 0 bridgehead atoms. The second-order valence-corrected chi connectivity index (χ2v) is 4.44. The Morgan fingerprint density at radius 2 is 0.800 bits per heavy atom. The molecule has 0 heterocycles. The summed E-state index contributed by atoms with van der Waals surface area (Å²) in [5.41, 5.74) is 0. The molecule has 0 aromatic carbocycles. The van der Waals surface area contributed by atoms with Gasteiger partial charge in [-0.2, -0.15) is 0 Å². The molecule has 0 aromatic heterocycles. The van der Waals surface area contributed by atoms with Crippen molar-refractivity contribution in [2.24, 2.45) is 0 Å². The van der Waals surface area contributed by atoms with Gasteiger partial charge in [0.15, 0.2) is 0 Å². The molecule has 0 atom stereocenters. The molecule has 0 aliphatic carbocycles. The summed E-state index contributed by atoms with van der Waals surface area (Å²) >= 11 is 0.750. The van der Waals surface area contributed by atoms with Crippen LogP contribution >= 0.6 is 0 Å². The predicted octanol–water partition coefficient (Wildman–Crippen LogP) is 0.457. The van der Waals surface area contributed by atoms with E-state index in [1.807, 2.05) is 0 Å². The molecule has 9 heteroatoms. The van der Waals surface area contributed by atoms with Crippen LogP contribution in [0.3, 0.4) is 0 Å². The number of hydrogen-bond acceptors (Lipinski definition) is 8. The fraction of sp³-hybridized carbons (Fsp3) is 1.00. The first kappa shape index (κ1) is 32.9. The van der Waals surface area contributed by atoms with Gasteiger partial charge in [-0.25, -0.2) is 0 Å². The summed E-state index contributed by atoms with van der Waals surface area (Å²) in [6.45, 7) is 7.67. The van der Waals surface area contributed by atoms with Gasteiger partial charge in [-0.1, -0.05) is 26.7 Å². The van der Waals surface area contributed by atoms with Crippen LogP contribution in [0, 0.1) is 0 Å². The van der Waals surface area contributed by atoms with Crippen molar-refractivity contribution in [2.75, 3.05) is 66.1 Å². The van der Waals surface area contributed by atoms with E-state index in [2.05, 4.69) is 23.3 Å². The molecule has 0 rings (SSSR count). The van der Waals surface area contributed by atoms with Gasteiger partial charge in [0.05, 0.1) is 52.9 Å². The third kappa shape index (κ3) is 59.1. The number of aliphatic hydroxyl groups is 4. The van der Waals surface area contributed by atoms with E-state index in [0.717, 1.165) is 33.6 Å². The van der Waals surface area contributed by atoms with E-state index in [4.69, 9.17) is 28.5 Å². The van der Waals surface area contributed by atoms with Crippen molar-refractivity contribution in [2.45, 2.75) is 39.5 Å². The third-order valence-electron chi connectivity index (χ3n) is 2.23. The first-order valence-corrected chi connectivity index (χ1v) is 9.25. The van der Waals surface area contributed by atoms with Gasteiger partial charge in [-0.15, -0.1) is 0 Å². The van der Waals surface area contributed by atoms with Crippen molar-refractivity contribution >= 4 is 0 Å². The summed E-state index contributed by atoms with van der Waals surface area (Å²) in [5, 5.41) is 32.3. The number of hydrogen-bond donors (Lipinski definition) is 4. The Kier molecular flexibility index (Phi) is 57.9. The van der Waals surface area contributed by atoms with Crippen LogP contribution in [0.25, 0.3) is 0 Å². The molecule has 0 unspecified atom stereocenters. The van der Waals surface area contributed by atoms with Crippen LogP contribution in [-0.2, 0) is 37.9 Å². The molecular weight excluding hydrogens is 368 g/mol. The first-order chi connectivity index (χ1) is 12.2. The molecule has 4 N–H and O–H groups in total. The van der Waals surface area contributed by atoms with Gasteiger partial charge < -0.3 is 34.6 Å². The van der Waals surface area contributed by atoms with Gasteiger partial charge in [0, 0.05) is 13.2 Å². The first-order valence-electron chi connectivity index (χ1n) is 8.62. The van der Waals surface area contributed by atoms with E-state index < -0.39 is 0 Å². The SMILES string of the molecule is CCCCOCCCC.OCCOCCO.OCCOCCO.[O]=[Ti]. The average Bonchev–Trinajstić information content (AvgIpc) is 2.65.